The molecule has 176 valence electrons. The predicted octanol–water partition coefficient (Wildman–Crippen LogP) is 3.59. The van der Waals surface area contributed by atoms with Gasteiger partial charge in [-0.1, -0.05) is 31.2 Å². The van der Waals surface area contributed by atoms with Crippen molar-refractivity contribution in [2.24, 2.45) is 5.41 Å². The van der Waals surface area contributed by atoms with Crippen molar-refractivity contribution >= 4 is 11.8 Å². The molecule has 0 bridgehead atoms. The third-order valence-corrected chi connectivity index (χ3v) is 7.18. The molecular formula is C26H32FN3O3. The molecule has 2 heterocycles. The lowest BCUT2D eigenvalue weighted by molar-refractivity contribution is -0.146. The Labute approximate surface area is 194 Å². The van der Waals surface area contributed by atoms with Crippen molar-refractivity contribution in [3.8, 4) is 5.75 Å². The first-order chi connectivity index (χ1) is 15.8. The maximum atomic E-state index is 13.6. The second-order valence-corrected chi connectivity index (χ2v) is 9.35. The molecule has 2 aromatic carbocycles. The maximum absolute atomic E-state index is 13.6. The molecule has 0 N–H and O–H groups in total. The number of amides is 2. The highest BCUT2D eigenvalue weighted by Gasteiger charge is 2.42. The Morgan fingerprint density at radius 1 is 1.00 bits per heavy atom. The first kappa shape index (κ1) is 23.2. The number of halogens is 1. The fraction of sp³-hybridized carbons (Fsp3) is 0.462. The molecule has 33 heavy (non-hydrogen) atoms. The Kier molecular flexibility index (Phi) is 6.70. The van der Waals surface area contributed by atoms with Crippen LogP contribution in [0.4, 0.5) is 4.39 Å². The van der Waals surface area contributed by atoms with Gasteiger partial charge in [0.1, 0.15) is 11.6 Å². The highest BCUT2D eigenvalue weighted by molar-refractivity contribution is 5.94. The SMILES string of the molecule is COc1ccccc1[C@@H]1CN(C(=O)C2(C)CCN(C(=O)c3cccc(F)c3)CC2)CCN1C. The van der Waals surface area contributed by atoms with Crippen molar-refractivity contribution in [3.05, 3.63) is 65.5 Å². The molecule has 4 rings (SSSR count). The van der Waals surface area contributed by atoms with Gasteiger partial charge in [0.25, 0.3) is 5.91 Å². The van der Waals surface area contributed by atoms with Crippen molar-refractivity contribution in [2.45, 2.75) is 25.8 Å². The maximum Gasteiger partial charge on any atom is 0.253 e. The summed E-state index contributed by atoms with van der Waals surface area (Å²) in [7, 11) is 3.75. The smallest absolute Gasteiger partial charge is 0.253 e. The van der Waals surface area contributed by atoms with Crippen molar-refractivity contribution in [3.63, 3.8) is 0 Å². The van der Waals surface area contributed by atoms with E-state index in [1.165, 1.54) is 12.1 Å². The van der Waals surface area contributed by atoms with E-state index in [-0.39, 0.29) is 17.9 Å². The molecule has 0 aliphatic carbocycles. The number of likely N-dealkylation sites (N-methyl/N-ethyl adjacent to an activating group) is 1. The summed E-state index contributed by atoms with van der Waals surface area (Å²) in [5, 5.41) is 0. The zero-order valence-corrected chi connectivity index (χ0v) is 19.6. The molecule has 2 aliphatic heterocycles. The van der Waals surface area contributed by atoms with E-state index in [0.29, 0.717) is 44.6 Å². The summed E-state index contributed by atoms with van der Waals surface area (Å²) < 4.78 is 19.1. The first-order valence-electron chi connectivity index (χ1n) is 11.5. The van der Waals surface area contributed by atoms with Crippen LogP contribution in [0.25, 0.3) is 0 Å². The van der Waals surface area contributed by atoms with E-state index in [2.05, 4.69) is 18.0 Å². The van der Waals surface area contributed by atoms with E-state index in [1.54, 1.807) is 24.1 Å². The van der Waals surface area contributed by atoms with Crippen LogP contribution in [0.2, 0.25) is 0 Å². The number of benzene rings is 2. The van der Waals surface area contributed by atoms with Crippen molar-refractivity contribution in [2.75, 3.05) is 46.9 Å². The van der Waals surface area contributed by atoms with Crippen LogP contribution in [0.15, 0.2) is 48.5 Å². The minimum Gasteiger partial charge on any atom is -0.496 e. The molecule has 0 radical (unpaired) electrons. The zero-order chi connectivity index (χ0) is 23.6. The van der Waals surface area contributed by atoms with Gasteiger partial charge in [0.15, 0.2) is 0 Å². The van der Waals surface area contributed by atoms with E-state index >= 15 is 0 Å². The minimum absolute atomic E-state index is 0.0668. The molecule has 0 spiro atoms. The number of hydrogen-bond acceptors (Lipinski definition) is 4. The monoisotopic (exact) mass is 453 g/mol. The summed E-state index contributed by atoms with van der Waals surface area (Å²) in [5.74, 6) is 0.379. The molecule has 6 nitrogen and oxygen atoms in total. The van der Waals surface area contributed by atoms with Gasteiger partial charge in [0.05, 0.1) is 13.2 Å². The predicted molar refractivity (Wildman–Crippen MR) is 125 cm³/mol. The molecule has 2 aliphatic rings. The zero-order valence-electron chi connectivity index (χ0n) is 19.6. The molecule has 1 atom stereocenters. The number of nitrogens with zero attached hydrogens (tertiary/aromatic N) is 3. The van der Waals surface area contributed by atoms with Gasteiger partial charge in [0.2, 0.25) is 5.91 Å². The van der Waals surface area contributed by atoms with E-state index < -0.39 is 11.2 Å². The second kappa shape index (κ2) is 9.51. The molecule has 2 amide bonds. The molecule has 7 heteroatoms. The van der Waals surface area contributed by atoms with Gasteiger partial charge in [-0.25, -0.2) is 4.39 Å². The number of carbonyl (C=O) groups excluding carboxylic acids is 2. The number of piperazine rings is 1. The lowest BCUT2D eigenvalue weighted by Gasteiger charge is -2.45. The highest BCUT2D eigenvalue weighted by Crippen LogP contribution is 2.37. The van der Waals surface area contributed by atoms with Gasteiger partial charge in [-0.05, 0) is 44.2 Å². The van der Waals surface area contributed by atoms with E-state index in [9.17, 15) is 14.0 Å². The molecule has 2 fully saturated rings. The summed E-state index contributed by atoms with van der Waals surface area (Å²) in [6.07, 6.45) is 1.19. The standard InChI is InChI=1S/C26H32FN3O3/c1-26(11-13-29(14-12-26)24(31)19-7-6-8-20(27)17-19)25(32)30-16-15-28(2)22(18-30)21-9-4-5-10-23(21)33-3/h4-10,17,22H,11-16,18H2,1-3H3/t22-/m0/s1. The number of piperidine rings is 1. The normalized spacial score (nSPS) is 21.0. The number of rotatable bonds is 4. The largest absolute Gasteiger partial charge is 0.496 e. The molecule has 0 aromatic heterocycles. The third kappa shape index (κ3) is 4.74. The molecule has 0 unspecified atom stereocenters. The van der Waals surface area contributed by atoms with E-state index in [4.69, 9.17) is 4.74 Å². The Hall–Kier alpha value is -2.93. The molecule has 2 aromatic rings. The summed E-state index contributed by atoms with van der Waals surface area (Å²) in [5.41, 5.74) is 0.921. The Balaban J connectivity index is 1.43. The Bertz CT molecular complexity index is 1020. The third-order valence-electron chi connectivity index (χ3n) is 7.18. The van der Waals surface area contributed by atoms with Crippen LogP contribution < -0.4 is 4.74 Å². The first-order valence-corrected chi connectivity index (χ1v) is 11.5. The van der Waals surface area contributed by atoms with E-state index in [1.807, 2.05) is 30.0 Å². The number of hydrogen-bond donors (Lipinski definition) is 0. The van der Waals surface area contributed by atoms with Crippen LogP contribution in [-0.2, 0) is 4.79 Å². The van der Waals surface area contributed by atoms with Gasteiger partial charge in [-0.2, -0.15) is 0 Å². The fourth-order valence-corrected chi connectivity index (χ4v) is 4.94. The van der Waals surface area contributed by atoms with Gasteiger partial charge < -0.3 is 14.5 Å². The lowest BCUT2D eigenvalue weighted by atomic mass is 9.78. The van der Waals surface area contributed by atoms with Gasteiger partial charge in [-0.15, -0.1) is 0 Å². The number of ether oxygens (including phenoxy) is 1. The van der Waals surface area contributed by atoms with Gasteiger partial charge in [-0.3, -0.25) is 14.5 Å². The van der Waals surface area contributed by atoms with Crippen LogP contribution in [-0.4, -0.2) is 73.4 Å². The van der Waals surface area contributed by atoms with Crippen LogP contribution in [0, 0.1) is 11.2 Å². The molecule has 2 saturated heterocycles. The number of likely N-dealkylation sites (tertiary alicyclic amines) is 1. The number of para-hydroxylation sites is 1. The summed E-state index contributed by atoms with van der Waals surface area (Å²) in [6.45, 7) is 5.06. The number of carbonyl (C=O) groups is 2. The average molecular weight is 454 g/mol. The topological polar surface area (TPSA) is 53.1 Å². The summed E-state index contributed by atoms with van der Waals surface area (Å²) >= 11 is 0. The quantitative estimate of drug-likeness (QED) is 0.710. The summed E-state index contributed by atoms with van der Waals surface area (Å²) in [4.78, 5) is 32.4. The van der Waals surface area contributed by atoms with Crippen LogP contribution in [0.3, 0.4) is 0 Å². The second-order valence-electron chi connectivity index (χ2n) is 9.35. The lowest BCUT2D eigenvalue weighted by Crippen LogP contribution is -2.55. The van der Waals surface area contributed by atoms with Crippen molar-refractivity contribution in [1.29, 1.82) is 0 Å². The van der Waals surface area contributed by atoms with E-state index in [0.717, 1.165) is 17.9 Å². The average Bonchev–Trinajstić information content (AvgIpc) is 2.84. The Morgan fingerprint density at radius 2 is 1.73 bits per heavy atom. The summed E-state index contributed by atoms with van der Waals surface area (Å²) in [6, 6.07) is 13.8. The van der Waals surface area contributed by atoms with Gasteiger partial charge >= 0.3 is 0 Å². The highest BCUT2D eigenvalue weighted by atomic mass is 19.1. The van der Waals surface area contributed by atoms with Crippen molar-refractivity contribution < 1.29 is 18.7 Å². The van der Waals surface area contributed by atoms with Crippen molar-refractivity contribution in [1.82, 2.24) is 14.7 Å². The minimum atomic E-state index is -0.514. The Morgan fingerprint density at radius 3 is 2.42 bits per heavy atom. The molecular weight excluding hydrogens is 421 g/mol. The van der Waals surface area contributed by atoms with Gasteiger partial charge in [0, 0.05) is 49.3 Å². The van der Waals surface area contributed by atoms with Crippen LogP contribution in [0.1, 0.15) is 41.7 Å². The van der Waals surface area contributed by atoms with Crippen LogP contribution in [0.5, 0.6) is 5.75 Å². The number of methoxy groups -OCH3 is 1. The van der Waals surface area contributed by atoms with Crippen LogP contribution >= 0.6 is 0 Å². The fourth-order valence-electron chi connectivity index (χ4n) is 4.94. The molecule has 0 saturated carbocycles.